The predicted octanol–water partition coefficient (Wildman–Crippen LogP) is 2.32. The van der Waals surface area contributed by atoms with Crippen LogP contribution in [0.15, 0.2) is 48.8 Å². The summed E-state index contributed by atoms with van der Waals surface area (Å²) in [6.45, 7) is 0. The molecule has 116 valence electrons. The number of hydrogen-bond acceptors (Lipinski definition) is 4. The zero-order chi connectivity index (χ0) is 16.4. The van der Waals surface area contributed by atoms with Crippen molar-refractivity contribution in [2.75, 3.05) is 7.05 Å². The summed E-state index contributed by atoms with van der Waals surface area (Å²) < 4.78 is 5.83. The number of nitrogens with zero attached hydrogens (tertiary/aromatic N) is 2. The number of rotatable bonds is 3. The third-order valence-corrected chi connectivity index (χ3v) is 3.39. The molecule has 0 aliphatic carbocycles. The Balaban J connectivity index is 1.98. The number of nitrogens with two attached hydrogens (primary N) is 1. The molecular formula is C16H15N5O2. The van der Waals surface area contributed by atoms with Gasteiger partial charge >= 0.3 is 0 Å². The van der Waals surface area contributed by atoms with Gasteiger partial charge in [-0.3, -0.25) is 20.1 Å². The minimum atomic E-state index is -0.386. The minimum absolute atomic E-state index is 0.318. The lowest BCUT2D eigenvalue weighted by molar-refractivity contribution is 0.0864. The fraction of sp³-hybridized carbons (Fsp3) is 0.0625. The summed E-state index contributed by atoms with van der Waals surface area (Å²) in [5.41, 5.74) is 6.38. The Labute approximate surface area is 132 Å². The van der Waals surface area contributed by atoms with Gasteiger partial charge < -0.3 is 15.5 Å². The van der Waals surface area contributed by atoms with Crippen LogP contribution in [0.2, 0.25) is 0 Å². The lowest BCUT2D eigenvalue weighted by atomic mass is 10.2. The molecular weight excluding hydrogens is 294 g/mol. The quantitative estimate of drug-likeness (QED) is 0.509. The molecule has 1 amide bonds. The molecule has 0 aliphatic heterocycles. The molecule has 3 aromatic rings. The Morgan fingerprint density at radius 3 is 2.74 bits per heavy atom. The Bertz CT molecular complexity index is 873. The van der Waals surface area contributed by atoms with Crippen molar-refractivity contribution in [1.82, 2.24) is 14.9 Å². The van der Waals surface area contributed by atoms with Gasteiger partial charge in [-0.15, -0.1) is 0 Å². The molecule has 0 radical (unpaired) electrons. The molecule has 2 aromatic heterocycles. The first-order valence-corrected chi connectivity index (χ1v) is 6.88. The molecule has 2 heterocycles. The lowest BCUT2D eigenvalue weighted by Gasteiger charge is -2.12. The summed E-state index contributed by atoms with van der Waals surface area (Å²) in [5.74, 6) is 0.541. The Morgan fingerprint density at radius 2 is 2.04 bits per heavy atom. The van der Waals surface area contributed by atoms with E-state index in [1.54, 1.807) is 30.6 Å². The van der Waals surface area contributed by atoms with Crippen LogP contribution in [0.3, 0.4) is 0 Å². The first kappa shape index (κ1) is 14.6. The summed E-state index contributed by atoms with van der Waals surface area (Å²) in [4.78, 5) is 20.3. The molecule has 0 fully saturated rings. The Kier molecular flexibility index (Phi) is 3.68. The maximum Gasteiger partial charge on any atom is 0.276 e. The number of carbonyl (C=O) groups excluding carboxylic acids is 1. The monoisotopic (exact) mass is 309 g/mol. The van der Waals surface area contributed by atoms with Crippen molar-refractivity contribution >= 4 is 22.8 Å². The number of guanidine groups is 1. The molecule has 4 N–H and O–H groups in total. The van der Waals surface area contributed by atoms with E-state index in [1.807, 2.05) is 18.2 Å². The van der Waals surface area contributed by atoms with Gasteiger partial charge in [-0.25, -0.2) is 0 Å². The van der Waals surface area contributed by atoms with E-state index in [2.05, 4.69) is 9.97 Å². The van der Waals surface area contributed by atoms with Crippen LogP contribution in [-0.2, 0) is 0 Å². The van der Waals surface area contributed by atoms with Gasteiger partial charge in [0, 0.05) is 24.8 Å². The van der Waals surface area contributed by atoms with Crippen molar-refractivity contribution in [1.29, 1.82) is 5.41 Å². The number of ether oxygens (including phenoxy) is 1. The number of nitrogens with one attached hydrogen (secondary N) is 2. The van der Waals surface area contributed by atoms with E-state index < -0.39 is 0 Å². The molecule has 0 saturated heterocycles. The summed E-state index contributed by atoms with van der Waals surface area (Å²) in [6, 6.07) is 10.7. The third kappa shape index (κ3) is 2.84. The Hall–Kier alpha value is -3.35. The average Bonchev–Trinajstić information content (AvgIpc) is 2.99. The standard InChI is InChI=1S/C16H15N5O2/c1-21(16(17)18)15(22)12-9-10-3-2-4-13(14(10)20-12)23-11-5-7-19-8-6-11/h2-9,20H,1H3,(H3,17,18). The second-order valence-corrected chi connectivity index (χ2v) is 4.94. The summed E-state index contributed by atoms with van der Waals surface area (Å²) >= 11 is 0. The molecule has 3 rings (SSSR count). The fourth-order valence-corrected chi connectivity index (χ4v) is 2.15. The van der Waals surface area contributed by atoms with Crippen LogP contribution in [0.1, 0.15) is 10.5 Å². The largest absolute Gasteiger partial charge is 0.455 e. The third-order valence-electron chi connectivity index (χ3n) is 3.39. The number of carbonyl (C=O) groups is 1. The maximum atomic E-state index is 12.3. The van der Waals surface area contributed by atoms with Crippen LogP contribution in [0.4, 0.5) is 0 Å². The number of H-pyrrole nitrogens is 1. The van der Waals surface area contributed by atoms with Crippen molar-refractivity contribution in [2.24, 2.45) is 5.73 Å². The van der Waals surface area contributed by atoms with Crippen molar-refractivity contribution in [3.63, 3.8) is 0 Å². The van der Waals surface area contributed by atoms with Gasteiger partial charge in [-0.2, -0.15) is 0 Å². The second-order valence-electron chi connectivity index (χ2n) is 4.94. The van der Waals surface area contributed by atoms with E-state index in [0.717, 1.165) is 10.3 Å². The SMILES string of the molecule is CN(C(=N)N)C(=O)c1cc2cccc(Oc3ccncc3)c2[nH]1. The number of fused-ring (bicyclic) bond motifs is 1. The van der Waals surface area contributed by atoms with Crippen LogP contribution in [0, 0.1) is 5.41 Å². The van der Waals surface area contributed by atoms with Crippen molar-refractivity contribution in [3.8, 4) is 11.5 Å². The van der Waals surface area contributed by atoms with Crippen molar-refractivity contribution < 1.29 is 9.53 Å². The number of pyridine rings is 1. The molecule has 23 heavy (non-hydrogen) atoms. The van der Waals surface area contributed by atoms with Gasteiger partial charge in [0.25, 0.3) is 5.91 Å². The Morgan fingerprint density at radius 1 is 1.30 bits per heavy atom. The maximum absolute atomic E-state index is 12.3. The molecule has 7 nitrogen and oxygen atoms in total. The normalized spacial score (nSPS) is 10.5. The van der Waals surface area contributed by atoms with Crippen LogP contribution in [-0.4, -0.2) is 33.8 Å². The van der Waals surface area contributed by atoms with Gasteiger partial charge in [0.2, 0.25) is 0 Å². The van der Waals surface area contributed by atoms with Gasteiger partial charge in [0.05, 0.1) is 5.52 Å². The molecule has 0 bridgehead atoms. The highest BCUT2D eigenvalue weighted by molar-refractivity contribution is 6.06. The fourth-order valence-electron chi connectivity index (χ4n) is 2.15. The topological polar surface area (TPSA) is 108 Å². The molecule has 1 aromatic carbocycles. The van der Waals surface area contributed by atoms with E-state index in [0.29, 0.717) is 22.7 Å². The van der Waals surface area contributed by atoms with Gasteiger partial charge in [-0.05, 0) is 24.3 Å². The molecule has 0 unspecified atom stereocenters. The van der Waals surface area contributed by atoms with Crippen LogP contribution in [0.5, 0.6) is 11.5 Å². The van der Waals surface area contributed by atoms with Gasteiger partial charge in [0.15, 0.2) is 11.7 Å². The zero-order valence-corrected chi connectivity index (χ0v) is 12.4. The average molecular weight is 309 g/mol. The van der Waals surface area contributed by atoms with Crippen LogP contribution < -0.4 is 10.5 Å². The molecule has 0 saturated carbocycles. The molecule has 0 spiro atoms. The van der Waals surface area contributed by atoms with Crippen molar-refractivity contribution in [3.05, 3.63) is 54.5 Å². The number of aromatic amines is 1. The van der Waals surface area contributed by atoms with E-state index in [-0.39, 0.29) is 11.9 Å². The van der Waals surface area contributed by atoms with Gasteiger partial charge in [0.1, 0.15) is 11.4 Å². The highest BCUT2D eigenvalue weighted by Gasteiger charge is 2.17. The first-order chi connectivity index (χ1) is 11.1. The van der Waals surface area contributed by atoms with Crippen LogP contribution >= 0.6 is 0 Å². The van der Waals surface area contributed by atoms with Crippen LogP contribution in [0.25, 0.3) is 10.9 Å². The van der Waals surface area contributed by atoms with Gasteiger partial charge in [-0.1, -0.05) is 12.1 Å². The highest BCUT2D eigenvalue weighted by Crippen LogP contribution is 2.29. The van der Waals surface area contributed by atoms with E-state index in [4.69, 9.17) is 15.9 Å². The number of para-hydroxylation sites is 1. The number of aromatic nitrogens is 2. The lowest BCUT2D eigenvalue weighted by Crippen LogP contribution is -2.38. The second kappa shape index (κ2) is 5.80. The van der Waals surface area contributed by atoms with E-state index in [9.17, 15) is 4.79 Å². The summed E-state index contributed by atoms with van der Waals surface area (Å²) in [5, 5.41) is 8.17. The molecule has 7 heteroatoms. The van der Waals surface area contributed by atoms with E-state index >= 15 is 0 Å². The summed E-state index contributed by atoms with van der Waals surface area (Å²) in [6.07, 6.45) is 3.28. The molecule has 0 atom stereocenters. The molecule has 0 aliphatic rings. The smallest absolute Gasteiger partial charge is 0.276 e. The van der Waals surface area contributed by atoms with Crippen molar-refractivity contribution in [2.45, 2.75) is 0 Å². The van der Waals surface area contributed by atoms with E-state index in [1.165, 1.54) is 7.05 Å². The number of amides is 1. The minimum Gasteiger partial charge on any atom is -0.455 e. The summed E-state index contributed by atoms with van der Waals surface area (Å²) in [7, 11) is 1.45. The zero-order valence-electron chi connectivity index (χ0n) is 12.4. The predicted molar refractivity (Wildman–Crippen MR) is 86.6 cm³/mol. The number of benzene rings is 1. The first-order valence-electron chi connectivity index (χ1n) is 6.88. The highest BCUT2D eigenvalue weighted by atomic mass is 16.5. The number of hydrogen-bond donors (Lipinski definition) is 3.